The number of carbonyl (C=O) groups is 2. The summed E-state index contributed by atoms with van der Waals surface area (Å²) in [6.07, 6.45) is 0.488. The van der Waals surface area contributed by atoms with Gasteiger partial charge in [0.1, 0.15) is 0 Å². The van der Waals surface area contributed by atoms with E-state index < -0.39 is 11.4 Å². The third-order valence-corrected chi connectivity index (χ3v) is 4.33. The molecule has 2 amide bonds. The Morgan fingerprint density at radius 1 is 1.42 bits per heavy atom. The lowest BCUT2D eigenvalue weighted by molar-refractivity contribution is -0.146. The lowest BCUT2D eigenvalue weighted by Gasteiger charge is -2.20. The molecule has 2 rings (SSSR count). The van der Waals surface area contributed by atoms with Crippen LogP contribution in [0.1, 0.15) is 13.3 Å². The Balaban J connectivity index is 2.03. The number of carbonyl (C=O) groups excluding carboxylic acids is 1. The van der Waals surface area contributed by atoms with Gasteiger partial charge in [0.25, 0.3) is 0 Å². The van der Waals surface area contributed by atoms with Crippen LogP contribution in [0.25, 0.3) is 0 Å². The van der Waals surface area contributed by atoms with Crippen molar-refractivity contribution in [3.8, 4) is 0 Å². The molecule has 102 valence electrons. The van der Waals surface area contributed by atoms with Gasteiger partial charge < -0.3 is 15.3 Å². The molecule has 0 aromatic heterocycles. The highest BCUT2D eigenvalue weighted by Crippen LogP contribution is 2.30. The van der Waals surface area contributed by atoms with E-state index in [1.807, 2.05) is 24.3 Å². The predicted molar refractivity (Wildman–Crippen MR) is 80.1 cm³/mol. The second-order valence-corrected chi connectivity index (χ2v) is 6.11. The fraction of sp³-hybridized carbons (Fsp3) is 0.385. The molecule has 5 nitrogen and oxygen atoms in total. The van der Waals surface area contributed by atoms with Crippen LogP contribution in [-0.4, -0.2) is 35.1 Å². The summed E-state index contributed by atoms with van der Waals surface area (Å²) in [4.78, 5) is 24.8. The van der Waals surface area contributed by atoms with Crippen molar-refractivity contribution in [3.63, 3.8) is 0 Å². The van der Waals surface area contributed by atoms with Crippen molar-refractivity contribution < 1.29 is 14.7 Å². The highest BCUT2D eigenvalue weighted by Gasteiger charge is 2.42. The minimum Gasteiger partial charge on any atom is -0.481 e. The zero-order chi connectivity index (χ0) is 14.0. The third-order valence-electron chi connectivity index (χ3n) is 3.39. The van der Waals surface area contributed by atoms with Crippen LogP contribution in [0.2, 0.25) is 0 Å². The Morgan fingerprint density at radius 3 is 2.68 bits per heavy atom. The molecule has 2 N–H and O–H groups in total. The quantitative estimate of drug-likeness (QED) is 0.782. The van der Waals surface area contributed by atoms with Gasteiger partial charge in [-0.1, -0.05) is 12.1 Å². The fourth-order valence-electron chi connectivity index (χ4n) is 2.07. The summed E-state index contributed by atoms with van der Waals surface area (Å²) in [6.45, 7) is 2.39. The topological polar surface area (TPSA) is 69.6 Å². The number of hydrogen-bond acceptors (Lipinski definition) is 2. The van der Waals surface area contributed by atoms with Gasteiger partial charge in [-0.15, -0.1) is 0 Å². The number of urea groups is 1. The predicted octanol–water partition coefficient (Wildman–Crippen LogP) is 2.62. The van der Waals surface area contributed by atoms with Crippen LogP contribution in [0.5, 0.6) is 0 Å². The lowest BCUT2D eigenvalue weighted by atomic mass is 9.90. The summed E-state index contributed by atoms with van der Waals surface area (Å²) in [5, 5.41) is 12.0. The van der Waals surface area contributed by atoms with Gasteiger partial charge in [-0.2, -0.15) is 0 Å². The number of aliphatic carboxylic acids is 1. The summed E-state index contributed by atoms with van der Waals surface area (Å²) < 4.78 is 0.952. The molecular weight excluding hydrogens is 359 g/mol. The largest absolute Gasteiger partial charge is 0.481 e. The van der Waals surface area contributed by atoms with Crippen LogP contribution in [0.4, 0.5) is 10.5 Å². The van der Waals surface area contributed by atoms with Gasteiger partial charge in [0.15, 0.2) is 0 Å². The number of likely N-dealkylation sites (tertiary alicyclic amines) is 1. The van der Waals surface area contributed by atoms with Crippen LogP contribution < -0.4 is 5.32 Å². The van der Waals surface area contributed by atoms with E-state index in [1.165, 1.54) is 0 Å². The maximum Gasteiger partial charge on any atom is 0.321 e. The highest BCUT2D eigenvalue weighted by molar-refractivity contribution is 14.1. The Labute approximate surface area is 125 Å². The first kappa shape index (κ1) is 14.1. The molecule has 1 unspecified atom stereocenters. The molecule has 1 fully saturated rings. The van der Waals surface area contributed by atoms with Crippen molar-refractivity contribution >= 4 is 40.3 Å². The normalized spacial score (nSPS) is 22.3. The van der Waals surface area contributed by atoms with E-state index in [2.05, 4.69) is 27.9 Å². The summed E-state index contributed by atoms with van der Waals surface area (Å²) >= 11 is 2.15. The van der Waals surface area contributed by atoms with Crippen molar-refractivity contribution in [1.29, 1.82) is 0 Å². The minimum absolute atomic E-state index is 0.242. The van der Waals surface area contributed by atoms with Crippen molar-refractivity contribution in [2.45, 2.75) is 13.3 Å². The molecule has 0 bridgehead atoms. The summed E-state index contributed by atoms with van der Waals surface area (Å²) in [6, 6.07) is 7.24. The average molecular weight is 374 g/mol. The number of anilines is 1. The first-order valence-corrected chi connectivity index (χ1v) is 7.04. The van der Waals surface area contributed by atoms with Crippen molar-refractivity contribution in [2.75, 3.05) is 18.4 Å². The van der Waals surface area contributed by atoms with Gasteiger partial charge in [0, 0.05) is 16.7 Å². The molecule has 0 spiro atoms. The van der Waals surface area contributed by atoms with Gasteiger partial charge in [-0.05, 0) is 48.1 Å². The van der Waals surface area contributed by atoms with Gasteiger partial charge in [-0.3, -0.25) is 4.79 Å². The van der Waals surface area contributed by atoms with Crippen molar-refractivity contribution in [2.24, 2.45) is 5.41 Å². The number of para-hydroxylation sites is 1. The monoisotopic (exact) mass is 374 g/mol. The van der Waals surface area contributed by atoms with E-state index in [1.54, 1.807) is 11.8 Å². The number of halogens is 1. The van der Waals surface area contributed by atoms with E-state index in [0.29, 0.717) is 13.0 Å². The van der Waals surface area contributed by atoms with Gasteiger partial charge >= 0.3 is 12.0 Å². The van der Waals surface area contributed by atoms with E-state index >= 15 is 0 Å². The first-order valence-electron chi connectivity index (χ1n) is 5.96. The van der Waals surface area contributed by atoms with Crippen LogP contribution in [0.15, 0.2) is 24.3 Å². The van der Waals surface area contributed by atoms with Crippen molar-refractivity contribution in [1.82, 2.24) is 4.90 Å². The Hall–Kier alpha value is -1.31. The number of rotatable bonds is 2. The maximum absolute atomic E-state index is 12.1. The van der Waals surface area contributed by atoms with Crippen LogP contribution >= 0.6 is 22.6 Å². The standard InChI is InChI=1S/C13H15IN2O3/c1-13(11(17)18)6-7-16(8-13)12(19)15-10-5-3-2-4-9(10)14/h2-5H,6-8H2,1H3,(H,15,19)(H,17,18). The molecule has 1 atom stereocenters. The van der Waals surface area contributed by atoms with Gasteiger partial charge in [0.2, 0.25) is 0 Å². The van der Waals surface area contributed by atoms with E-state index in [9.17, 15) is 9.59 Å². The second-order valence-electron chi connectivity index (χ2n) is 4.95. The number of nitrogens with zero attached hydrogens (tertiary/aromatic N) is 1. The Bertz CT molecular complexity index is 520. The molecule has 1 aromatic rings. The van der Waals surface area contributed by atoms with E-state index in [0.717, 1.165) is 9.26 Å². The third kappa shape index (κ3) is 2.99. The molecule has 0 radical (unpaired) electrons. The molecule has 19 heavy (non-hydrogen) atoms. The number of benzene rings is 1. The van der Waals surface area contributed by atoms with E-state index in [4.69, 9.17) is 5.11 Å². The molecule has 1 heterocycles. The molecule has 1 aromatic carbocycles. The molecule has 0 aliphatic carbocycles. The lowest BCUT2D eigenvalue weighted by Crippen LogP contribution is -2.37. The first-order chi connectivity index (χ1) is 8.92. The van der Waals surface area contributed by atoms with Crippen LogP contribution in [0, 0.1) is 8.99 Å². The second kappa shape index (κ2) is 5.36. The molecule has 1 aliphatic rings. The summed E-state index contributed by atoms with van der Waals surface area (Å²) in [7, 11) is 0. The maximum atomic E-state index is 12.1. The smallest absolute Gasteiger partial charge is 0.321 e. The fourth-order valence-corrected chi connectivity index (χ4v) is 2.59. The Morgan fingerprint density at radius 2 is 2.11 bits per heavy atom. The number of amides is 2. The molecular formula is C13H15IN2O3. The Kier molecular flexibility index (Phi) is 3.98. The van der Waals surface area contributed by atoms with Crippen molar-refractivity contribution in [3.05, 3.63) is 27.8 Å². The summed E-state index contributed by atoms with van der Waals surface area (Å²) in [5.41, 5.74) is -0.0849. The molecule has 1 saturated heterocycles. The number of carboxylic acids is 1. The van der Waals surface area contributed by atoms with Crippen LogP contribution in [-0.2, 0) is 4.79 Å². The SMILES string of the molecule is CC1(C(=O)O)CCN(C(=O)Nc2ccccc2I)C1. The van der Waals surface area contributed by atoms with Gasteiger partial charge in [-0.25, -0.2) is 4.79 Å². The van der Waals surface area contributed by atoms with Gasteiger partial charge in [0.05, 0.1) is 11.1 Å². The van der Waals surface area contributed by atoms with Crippen LogP contribution in [0.3, 0.4) is 0 Å². The zero-order valence-electron chi connectivity index (χ0n) is 10.5. The summed E-state index contributed by atoms with van der Waals surface area (Å²) in [5.74, 6) is -0.850. The number of hydrogen-bond donors (Lipinski definition) is 2. The molecule has 0 saturated carbocycles. The zero-order valence-corrected chi connectivity index (χ0v) is 12.7. The highest BCUT2D eigenvalue weighted by atomic mass is 127. The molecule has 6 heteroatoms. The number of nitrogens with one attached hydrogen (secondary N) is 1. The molecule has 1 aliphatic heterocycles. The minimum atomic E-state index is -0.850. The number of carboxylic acid groups (broad SMARTS) is 1. The average Bonchev–Trinajstić information content (AvgIpc) is 2.76. The van der Waals surface area contributed by atoms with E-state index in [-0.39, 0.29) is 12.6 Å².